The average molecular weight is 168 g/mol. The van der Waals surface area contributed by atoms with E-state index in [1.165, 1.54) is 0 Å². The Hall–Kier alpha value is -0.630. The van der Waals surface area contributed by atoms with Gasteiger partial charge in [-0.05, 0) is 31.8 Å². The second kappa shape index (κ2) is 3.02. The largest absolute Gasteiger partial charge is 0.395 e. The molecule has 0 unspecified atom stereocenters. The van der Waals surface area contributed by atoms with Crippen LogP contribution in [0.1, 0.15) is 27.2 Å². The van der Waals surface area contributed by atoms with Crippen LogP contribution in [0.3, 0.4) is 0 Å². The summed E-state index contributed by atoms with van der Waals surface area (Å²) >= 11 is 0. The molecule has 0 spiro atoms. The molecule has 1 rings (SSSR count). The van der Waals surface area contributed by atoms with Crippen molar-refractivity contribution in [1.29, 1.82) is 0 Å². The lowest BCUT2D eigenvalue weighted by Gasteiger charge is -2.35. The molecule has 2 heteroatoms. The van der Waals surface area contributed by atoms with Crippen molar-refractivity contribution in [3.05, 3.63) is 11.6 Å². The van der Waals surface area contributed by atoms with Gasteiger partial charge in [-0.3, -0.25) is 4.79 Å². The minimum atomic E-state index is -0.543. The van der Waals surface area contributed by atoms with Gasteiger partial charge in [0.1, 0.15) is 0 Å². The lowest BCUT2D eigenvalue weighted by Crippen LogP contribution is -2.40. The third kappa shape index (κ3) is 1.20. The Labute approximate surface area is 73.3 Å². The highest BCUT2D eigenvalue weighted by Crippen LogP contribution is 2.36. The highest BCUT2D eigenvalue weighted by atomic mass is 16.3. The predicted octanol–water partition coefficient (Wildman–Crippen LogP) is 1.54. The smallest absolute Gasteiger partial charge is 0.166 e. The Morgan fingerprint density at radius 3 is 2.75 bits per heavy atom. The molecule has 0 aliphatic heterocycles. The lowest BCUT2D eigenvalue weighted by atomic mass is 9.68. The van der Waals surface area contributed by atoms with Gasteiger partial charge in [-0.2, -0.15) is 0 Å². The number of rotatable bonds is 1. The first-order valence-corrected chi connectivity index (χ1v) is 4.35. The number of hydrogen-bond acceptors (Lipinski definition) is 2. The molecule has 2 atom stereocenters. The zero-order chi connectivity index (χ0) is 9.35. The maximum Gasteiger partial charge on any atom is 0.166 e. The molecule has 0 heterocycles. The molecule has 0 saturated carbocycles. The van der Waals surface area contributed by atoms with Gasteiger partial charge in [0.05, 0.1) is 12.0 Å². The number of carbonyl (C=O) groups is 1. The van der Waals surface area contributed by atoms with Crippen molar-refractivity contribution in [3.8, 4) is 0 Å². The SMILES string of the molecule is CC1=CC[C@@H](C)[C@@](C)(CO)C1=O. The normalized spacial score (nSPS) is 36.5. The third-order valence-electron chi connectivity index (χ3n) is 3.07. The van der Waals surface area contributed by atoms with Gasteiger partial charge in [0.2, 0.25) is 0 Å². The minimum absolute atomic E-state index is 0.0435. The van der Waals surface area contributed by atoms with Gasteiger partial charge >= 0.3 is 0 Å². The molecule has 12 heavy (non-hydrogen) atoms. The number of ketones is 1. The standard InChI is InChI=1S/C10H16O2/c1-7-4-5-8(2)10(3,6-11)9(7)12/h4,8,11H,5-6H2,1-3H3/t8-,10-/m1/s1. The van der Waals surface area contributed by atoms with E-state index < -0.39 is 5.41 Å². The molecule has 0 radical (unpaired) electrons. The first kappa shape index (κ1) is 9.46. The lowest BCUT2D eigenvalue weighted by molar-refractivity contribution is -0.130. The number of allylic oxidation sites excluding steroid dienone is 2. The Kier molecular flexibility index (Phi) is 2.38. The molecule has 1 aliphatic rings. The van der Waals surface area contributed by atoms with Crippen LogP contribution in [0.2, 0.25) is 0 Å². The second-order valence-corrected chi connectivity index (χ2v) is 3.93. The van der Waals surface area contributed by atoms with Crippen LogP contribution in [0.4, 0.5) is 0 Å². The van der Waals surface area contributed by atoms with Crippen LogP contribution in [0.15, 0.2) is 11.6 Å². The first-order chi connectivity index (χ1) is 5.52. The summed E-state index contributed by atoms with van der Waals surface area (Å²) in [6, 6.07) is 0. The molecular formula is C10H16O2. The van der Waals surface area contributed by atoms with Crippen molar-refractivity contribution in [2.24, 2.45) is 11.3 Å². The van der Waals surface area contributed by atoms with Crippen LogP contribution in [-0.2, 0) is 4.79 Å². The van der Waals surface area contributed by atoms with Crippen LogP contribution >= 0.6 is 0 Å². The summed E-state index contributed by atoms with van der Waals surface area (Å²) in [6.45, 7) is 5.63. The van der Waals surface area contributed by atoms with Gasteiger partial charge in [0, 0.05) is 0 Å². The number of aliphatic hydroxyl groups is 1. The maximum atomic E-state index is 11.7. The van der Waals surface area contributed by atoms with Crippen molar-refractivity contribution in [2.45, 2.75) is 27.2 Å². The quantitative estimate of drug-likeness (QED) is 0.645. The number of Topliss-reactive ketones (excluding diaryl/α,β-unsaturated/α-hetero) is 1. The van der Waals surface area contributed by atoms with Crippen molar-refractivity contribution in [2.75, 3.05) is 6.61 Å². The molecule has 0 aromatic heterocycles. The molecule has 0 amide bonds. The summed E-state index contributed by atoms with van der Waals surface area (Å²) in [5.74, 6) is 0.349. The minimum Gasteiger partial charge on any atom is -0.395 e. The highest BCUT2D eigenvalue weighted by Gasteiger charge is 2.40. The molecule has 0 aromatic rings. The first-order valence-electron chi connectivity index (χ1n) is 4.35. The van der Waals surface area contributed by atoms with Crippen molar-refractivity contribution in [1.82, 2.24) is 0 Å². The number of aliphatic hydroxyl groups excluding tert-OH is 1. The fourth-order valence-electron chi connectivity index (χ4n) is 1.61. The Morgan fingerprint density at radius 1 is 1.75 bits per heavy atom. The predicted molar refractivity (Wildman–Crippen MR) is 47.7 cm³/mol. The summed E-state index contributed by atoms with van der Waals surface area (Å²) in [6.07, 6.45) is 2.86. The van der Waals surface area contributed by atoms with Crippen molar-refractivity contribution >= 4 is 5.78 Å². The van der Waals surface area contributed by atoms with Gasteiger partial charge in [-0.15, -0.1) is 0 Å². The summed E-state index contributed by atoms with van der Waals surface area (Å²) in [4.78, 5) is 11.7. The van der Waals surface area contributed by atoms with Gasteiger partial charge in [-0.1, -0.05) is 13.0 Å². The Bertz CT molecular complexity index is 230. The zero-order valence-corrected chi connectivity index (χ0v) is 7.92. The molecule has 1 N–H and O–H groups in total. The molecule has 1 aliphatic carbocycles. The number of hydrogen-bond donors (Lipinski definition) is 1. The molecule has 0 bridgehead atoms. The van der Waals surface area contributed by atoms with Crippen LogP contribution in [0.5, 0.6) is 0 Å². The van der Waals surface area contributed by atoms with Crippen molar-refractivity contribution < 1.29 is 9.90 Å². The zero-order valence-electron chi connectivity index (χ0n) is 7.92. The summed E-state index contributed by atoms with van der Waals surface area (Å²) in [5, 5.41) is 9.16. The molecular weight excluding hydrogens is 152 g/mol. The fraction of sp³-hybridized carbons (Fsp3) is 0.700. The van der Waals surface area contributed by atoms with Gasteiger partial charge in [-0.25, -0.2) is 0 Å². The van der Waals surface area contributed by atoms with E-state index in [1.54, 1.807) is 0 Å². The number of carbonyl (C=O) groups excluding carboxylic acids is 1. The van der Waals surface area contributed by atoms with Crippen molar-refractivity contribution in [3.63, 3.8) is 0 Å². The van der Waals surface area contributed by atoms with Crippen LogP contribution in [-0.4, -0.2) is 17.5 Å². The van der Waals surface area contributed by atoms with E-state index in [4.69, 9.17) is 5.11 Å². The molecule has 0 aromatic carbocycles. The average Bonchev–Trinajstić information content (AvgIpc) is 2.08. The van der Waals surface area contributed by atoms with Gasteiger partial charge in [0.15, 0.2) is 5.78 Å². The third-order valence-corrected chi connectivity index (χ3v) is 3.07. The summed E-state index contributed by atoms with van der Waals surface area (Å²) < 4.78 is 0. The van der Waals surface area contributed by atoms with Crippen LogP contribution in [0.25, 0.3) is 0 Å². The summed E-state index contributed by atoms with van der Waals surface area (Å²) in [5.41, 5.74) is 0.253. The molecule has 0 fully saturated rings. The summed E-state index contributed by atoms with van der Waals surface area (Å²) in [7, 11) is 0. The van der Waals surface area contributed by atoms with Crippen LogP contribution < -0.4 is 0 Å². The Balaban J connectivity index is 3.01. The molecule has 0 saturated heterocycles. The van der Waals surface area contributed by atoms with E-state index in [9.17, 15) is 4.79 Å². The van der Waals surface area contributed by atoms with E-state index >= 15 is 0 Å². The Morgan fingerprint density at radius 2 is 2.33 bits per heavy atom. The van der Waals surface area contributed by atoms with E-state index in [1.807, 2.05) is 26.8 Å². The second-order valence-electron chi connectivity index (χ2n) is 3.93. The topological polar surface area (TPSA) is 37.3 Å². The van der Waals surface area contributed by atoms with E-state index in [2.05, 4.69) is 0 Å². The highest BCUT2D eigenvalue weighted by molar-refractivity contribution is 6.00. The van der Waals surface area contributed by atoms with Crippen LogP contribution in [0, 0.1) is 11.3 Å². The van der Waals surface area contributed by atoms with Gasteiger partial charge in [0.25, 0.3) is 0 Å². The van der Waals surface area contributed by atoms with Gasteiger partial charge < -0.3 is 5.11 Å². The van der Waals surface area contributed by atoms with E-state index in [0.717, 1.165) is 12.0 Å². The molecule has 2 nitrogen and oxygen atoms in total. The van der Waals surface area contributed by atoms with E-state index in [-0.39, 0.29) is 18.3 Å². The fourth-order valence-corrected chi connectivity index (χ4v) is 1.61. The maximum absolute atomic E-state index is 11.7. The van der Waals surface area contributed by atoms with E-state index in [0.29, 0.717) is 0 Å². The molecule has 68 valence electrons. The monoisotopic (exact) mass is 168 g/mol.